The van der Waals surface area contributed by atoms with Crippen LogP contribution in [-0.2, 0) is 9.53 Å². The Morgan fingerprint density at radius 2 is 1.92 bits per heavy atom. The highest BCUT2D eigenvalue weighted by molar-refractivity contribution is 5.66. The first-order valence-electron chi connectivity index (χ1n) is 4.92. The van der Waals surface area contributed by atoms with Gasteiger partial charge in [-0.2, -0.15) is 0 Å². The van der Waals surface area contributed by atoms with Crippen LogP contribution in [0, 0.1) is 5.92 Å². The molecular weight excluding hydrogens is 152 g/mol. The van der Waals surface area contributed by atoms with E-state index >= 15 is 0 Å². The minimum absolute atomic E-state index is 0.0220. The third-order valence-corrected chi connectivity index (χ3v) is 3.12. The molecule has 12 heavy (non-hydrogen) atoms. The number of carbonyl (C=O) groups is 1. The number of esters is 1. The second-order valence-corrected chi connectivity index (χ2v) is 4.14. The minimum atomic E-state index is -0.0937. The Kier molecular flexibility index (Phi) is 1.85. The molecule has 2 nitrogen and oxygen atoms in total. The molecule has 0 saturated heterocycles. The van der Waals surface area contributed by atoms with Gasteiger partial charge in [-0.3, -0.25) is 4.79 Å². The van der Waals surface area contributed by atoms with Crippen molar-refractivity contribution in [2.24, 2.45) is 5.92 Å². The molecule has 0 spiro atoms. The number of carbonyl (C=O) groups excluding carboxylic acids is 1. The Labute approximate surface area is 73.3 Å². The second kappa shape index (κ2) is 2.75. The summed E-state index contributed by atoms with van der Waals surface area (Å²) in [6, 6.07) is 0. The van der Waals surface area contributed by atoms with Crippen molar-refractivity contribution in [3.63, 3.8) is 0 Å². The average Bonchev–Trinajstić information content (AvgIpc) is 2.75. The van der Waals surface area contributed by atoms with E-state index in [2.05, 4.69) is 0 Å². The van der Waals surface area contributed by atoms with E-state index < -0.39 is 0 Å². The summed E-state index contributed by atoms with van der Waals surface area (Å²) in [6.07, 6.45) is 7.24. The van der Waals surface area contributed by atoms with Gasteiger partial charge in [0.15, 0.2) is 0 Å². The molecule has 0 heterocycles. The molecule has 2 aliphatic carbocycles. The molecule has 0 atom stereocenters. The van der Waals surface area contributed by atoms with Crippen molar-refractivity contribution in [1.29, 1.82) is 0 Å². The standard InChI is InChI=1S/C10H16O2/c1-8(11)12-10(9-4-5-9)6-2-3-7-10/h9H,2-7H2,1H3. The summed E-state index contributed by atoms with van der Waals surface area (Å²) in [5.74, 6) is 0.604. The summed E-state index contributed by atoms with van der Waals surface area (Å²) < 4.78 is 5.48. The Hall–Kier alpha value is -0.530. The highest BCUT2D eigenvalue weighted by atomic mass is 16.6. The lowest BCUT2D eigenvalue weighted by Gasteiger charge is -2.28. The van der Waals surface area contributed by atoms with Gasteiger partial charge in [0.2, 0.25) is 0 Å². The van der Waals surface area contributed by atoms with E-state index in [0.717, 1.165) is 12.8 Å². The SMILES string of the molecule is CC(=O)OC1(C2CC2)CCCC1. The highest BCUT2D eigenvalue weighted by Crippen LogP contribution is 2.50. The van der Waals surface area contributed by atoms with Gasteiger partial charge >= 0.3 is 5.97 Å². The van der Waals surface area contributed by atoms with Gasteiger partial charge < -0.3 is 4.74 Å². The maximum absolute atomic E-state index is 10.9. The van der Waals surface area contributed by atoms with Crippen LogP contribution in [0.1, 0.15) is 45.4 Å². The van der Waals surface area contributed by atoms with Crippen LogP contribution in [0.2, 0.25) is 0 Å². The molecule has 0 aromatic heterocycles. The molecule has 0 aromatic carbocycles. The van der Waals surface area contributed by atoms with Gasteiger partial charge in [-0.25, -0.2) is 0 Å². The summed E-state index contributed by atoms with van der Waals surface area (Å²) in [5.41, 5.74) is -0.0220. The smallest absolute Gasteiger partial charge is 0.303 e. The van der Waals surface area contributed by atoms with Crippen molar-refractivity contribution in [2.45, 2.75) is 51.0 Å². The van der Waals surface area contributed by atoms with E-state index in [9.17, 15) is 4.79 Å². The predicted molar refractivity (Wildman–Crippen MR) is 45.7 cm³/mol. The first kappa shape index (κ1) is 8.09. The molecule has 0 amide bonds. The molecule has 0 unspecified atom stereocenters. The van der Waals surface area contributed by atoms with Crippen molar-refractivity contribution >= 4 is 5.97 Å². The monoisotopic (exact) mass is 168 g/mol. The molecule has 0 aliphatic heterocycles. The van der Waals surface area contributed by atoms with Gasteiger partial charge in [-0.1, -0.05) is 0 Å². The molecule has 68 valence electrons. The van der Waals surface area contributed by atoms with Crippen molar-refractivity contribution in [3.05, 3.63) is 0 Å². The molecule has 0 aromatic rings. The number of rotatable bonds is 2. The fourth-order valence-corrected chi connectivity index (χ4v) is 2.46. The van der Waals surface area contributed by atoms with E-state index in [1.54, 1.807) is 0 Å². The number of hydrogen-bond acceptors (Lipinski definition) is 2. The van der Waals surface area contributed by atoms with Crippen molar-refractivity contribution < 1.29 is 9.53 Å². The average molecular weight is 168 g/mol. The first-order chi connectivity index (χ1) is 5.73. The molecule has 2 fully saturated rings. The van der Waals surface area contributed by atoms with Gasteiger partial charge in [0, 0.05) is 6.92 Å². The zero-order valence-electron chi connectivity index (χ0n) is 7.64. The zero-order valence-corrected chi connectivity index (χ0v) is 7.64. The highest BCUT2D eigenvalue weighted by Gasteiger charge is 2.49. The van der Waals surface area contributed by atoms with E-state index in [1.165, 1.54) is 32.6 Å². The van der Waals surface area contributed by atoms with Crippen LogP contribution in [0.25, 0.3) is 0 Å². The van der Waals surface area contributed by atoms with Crippen molar-refractivity contribution in [3.8, 4) is 0 Å². The lowest BCUT2D eigenvalue weighted by atomic mass is 9.96. The molecule has 0 bridgehead atoms. The number of ether oxygens (including phenoxy) is 1. The maximum atomic E-state index is 10.9. The van der Waals surface area contributed by atoms with Gasteiger partial charge in [-0.15, -0.1) is 0 Å². The van der Waals surface area contributed by atoms with Crippen LogP contribution in [-0.4, -0.2) is 11.6 Å². The van der Waals surface area contributed by atoms with Crippen LogP contribution in [0.15, 0.2) is 0 Å². The van der Waals surface area contributed by atoms with Crippen molar-refractivity contribution in [2.75, 3.05) is 0 Å². The Morgan fingerprint density at radius 3 is 2.33 bits per heavy atom. The van der Waals surface area contributed by atoms with Gasteiger partial charge in [-0.05, 0) is 44.4 Å². The summed E-state index contributed by atoms with van der Waals surface area (Å²) in [6.45, 7) is 1.53. The fourth-order valence-electron chi connectivity index (χ4n) is 2.46. The molecule has 2 aliphatic rings. The maximum Gasteiger partial charge on any atom is 0.303 e. The summed E-state index contributed by atoms with van der Waals surface area (Å²) >= 11 is 0. The molecule has 2 heteroatoms. The van der Waals surface area contributed by atoms with Gasteiger partial charge in [0.1, 0.15) is 5.60 Å². The molecular formula is C10H16O2. The minimum Gasteiger partial charge on any atom is -0.459 e. The van der Waals surface area contributed by atoms with Crippen LogP contribution >= 0.6 is 0 Å². The quantitative estimate of drug-likeness (QED) is 0.591. The largest absolute Gasteiger partial charge is 0.459 e. The van der Waals surface area contributed by atoms with E-state index in [1.807, 2.05) is 0 Å². The summed E-state index contributed by atoms with van der Waals surface area (Å²) in [7, 11) is 0. The van der Waals surface area contributed by atoms with Crippen LogP contribution in [0.3, 0.4) is 0 Å². The third kappa shape index (κ3) is 1.35. The van der Waals surface area contributed by atoms with Gasteiger partial charge in [0.05, 0.1) is 0 Å². The Balaban J connectivity index is 2.04. The van der Waals surface area contributed by atoms with Crippen LogP contribution in [0.4, 0.5) is 0 Å². The van der Waals surface area contributed by atoms with E-state index in [-0.39, 0.29) is 11.6 Å². The topological polar surface area (TPSA) is 26.3 Å². The van der Waals surface area contributed by atoms with Crippen LogP contribution in [0.5, 0.6) is 0 Å². The number of hydrogen-bond donors (Lipinski definition) is 0. The normalized spacial score (nSPS) is 27.1. The van der Waals surface area contributed by atoms with E-state index in [0.29, 0.717) is 5.92 Å². The van der Waals surface area contributed by atoms with E-state index in [4.69, 9.17) is 4.74 Å². The van der Waals surface area contributed by atoms with Gasteiger partial charge in [0.25, 0.3) is 0 Å². The lowest BCUT2D eigenvalue weighted by Crippen LogP contribution is -2.33. The summed E-state index contributed by atoms with van der Waals surface area (Å²) in [5, 5.41) is 0. The zero-order chi connectivity index (χ0) is 8.60. The molecule has 0 N–H and O–H groups in total. The summed E-state index contributed by atoms with van der Waals surface area (Å²) in [4.78, 5) is 10.9. The second-order valence-electron chi connectivity index (χ2n) is 4.14. The molecule has 2 saturated carbocycles. The predicted octanol–water partition coefficient (Wildman–Crippen LogP) is 2.27. The molecule has 2 rings (SSSR count). The fraction of sp³-hybridized carbons (Fsp3) is 0.900. The Morgan fingerprint density at radius 1 is 1.33 bits per heavy atom. The third-order valence-electron chi connectivity index (χ3n) is 3.12. The van der Waals surface area contributed by atoms with Crippen molar-refractivity contribution in [1.82, 2.24) is 0 Å². The van der Waals surface area contributed by atoms with Crippen LogP contribution < -0.4 is 0 Å². The lowest BCUT2D eigenvalue weighted by molar-refractivity contribution is -0.158. The molecule has 0 radical (unpaired) electrons. The Bertz CT molecular complexity index is 188. The first-order valence-corrected chi connectivity index (χ1v) is 4.92.